The molecule has 0 unspecified atom stereocenters. The molecule has 19 heavy (non-hydrogen) atoms. The van der Waals surface area contributed by atoms with Crippen LogP contribution in [-0.2, 0) is 4.79 Å². The van der Waals surface area contributed by atoms with Crippen LogP contribution < -0.4 is 10.6 Å². The van der Waals surface area contributed by atoms with E-state index in [1.165, 1.54) is 6.08 Å². The number of benzene rings is 1. The lowest BCUT2D eigenvalue weighted by Crippen LogP contribution is -2.43. The van der Waals surface area contributed by atoms with Crippen LogP contribution in [0.3, 0.4) is 0 Å². The molecule has 0 atom stereocenters. The number of hydrogen-bond acceptors (Lipinski definition) is 3. The van der Waals surface area contributed by atoms with Crippen LogP contribution in [0.25, 0.3) is 0 Å². The Kier molecular flexibility index (Phi) is 3.69. The average Bonchev–Trinajstić information content (AvgIpc) is 2.30. The van der Waals surface area contributed by atoms with Gasteiger partial charge in [-0.2, -0.15) is 0 Å². The predicted molar refractivity (Wildman–Crippen MR) is 74.1 cm³/mol. The minimum absolute atomic E-state index is 0.130. The summed E-state index contributed by atoms with van der Waals surface area (Å²) in [5, 5.41) is 5.65. The number of piperazine rings is 1. The van der Waals surface area contributed by atoms with Crippen molar-refractivity contribution >= 4 is 11.7 Å². The lowest BCUT2D eigenvalue weighted by molar-refractivity contribution is -0.118. The summed E-state index contributed by atoms with van der Waals surface area (Å²) in [4.78, 5) is 23.9. The van der Waals surface area contributed by atoms with Gasteiger partial charge in [0.25, 0.3) is 5.91 Å². The third-order valence-electron chi connectivity index (χ3n) is 3.17. The van der Waals surface area contributed by atoms with E-state index in [-0.39, 0.29) is 11.7 Å². The maximum Gasteiger partial charge on any atom is 0.267 e. The van der Waals surface area contributed by atoms with Gasteiger partial charge >= 0.3 is 0 Å². The molecule has 100 valence electrons. The number of carbonyl (C=O) groups is 2. The Morgan fingerprint density at radius 3 is 2.26 bits per heavy atom. The van der Waals surface area contributed by atoms with Crippen LogP contribution in [-0.4, -0.2) is 24.8 Å². The fourth-order valence-corrected chi connectivity index (χ4v) is 2.44. The Bertz CT molecular complexity index is 551. The molecule has 1 aliphatic rings. The number of allylic oxidation sites excluding steroid dienone is 1. The van der Waals surface area contributed by atoms with E-state index < -0.39 is 0 Å². The summed E-state index contributed by atoms with van der Waals surface area (Å²) in [5.41, 5.74) is 4.03. The lowest BCUT2D eigenvalue weighted by atomic mass is 9.96. The van der Waals surface area contributed by atoms with Gasteiger partial charge in [0.15, 0.2) is 5.78 Å². The molecule has 1 aromatic rings. The van der Waals surface area contributed by atoms with Crippen LogP contribution in [0.5, 0.6) is 0 Å². The molecule has 1 aromatic carbocycles. The van der Waals surface area contributed by atoms with Gasteiger partial charge in [0.1, 0.15) is 5.70 Å². The van der Waals surface area contributed by atoms with Crippen molar-refractivity contribution in [1.29, 1.82) is 0 Å². The summed E-state index contributed by atoms with van der Waals surface area (Å²) in [6, 6.07) is 3.96. The van der Waals surface area contributed by atoms with Crippen LogP contribution in [0.4, 0.5) is 0 Å². The van der Waals surface area contributed by atoms with E-state index in [2.05, 4.69) is 10.6 Å². The Morgan fingerprint density at radius 2 is 1.68 bits per heavy atom. The fourth-order valence-electron chi connectivity index (χ4n) is 2.44. The summed E-state index contributed by atoms with van der Waals surface area (Å²) in [6.07, 6.45) is 1.39. The maximum atomic E-state index is 12.3. The summed E-state index contributed by atoms with van der Waals surface area (Å²) in [5.74, 6) is -0.350. The van der Waals surface area contributed by atoms with Gasteiger partial charge in [0.05, 0.1) is 0 Å². The van der Waals surface area contributed by atoms with Crippen LogP contribution in [0.2, 0.25) is 0 Å². The Hall–Kier alpha value is -2.10. The monoisotopic (exact) mass is 258 g/mol. The topological polar surface area (TPSA) is 58.2 Å². The van der Waals surface area contributed by atoms with E-state index in [0.717, 1.165) is 16.7 Å². The molecule has 2 N–H and O–H groups in total. The normalized spacial score (nSPS) is 17.0. The average molecular weight is 258 g/mol. The highest BCUT2D eigenvalue weighted by Crippen LogP contribution is 2.18. The van der Waals surface area contributed by atoms with Crippen LogP contribution in [0, 0.1) is 20.8 Å². The first-order valence-electron chi connectivity index (χ1n) is 6.35. The zero-order valence-electron chi connectivity index (χ0n) is 11.5. The largest absolute Gasteiger partial charge is 0.379 e. The van der Waals surface area contributed by atoms with Gasteiger partial charge in [0, 0.05) is 24.7 Å². The number of rotatable bonds is 2. The SMILES string of the molecule is Cc1cc(C)c(C(=O)C=C2NCCNC2=O)c(C)c1. The van der Waals surface area contributed by atoms with Gasteiger partial charge in [-0.05, 0) is 31.9 Å². The van der Waals surface area contributed by atoms with Gasteiger partial charge in [-0.15, -0.1) is 0 Å². The zero-order valence-corrected chi connectivity index (χ0v) is 11.5. The number of ketones is 1. The number of aryl methyl sites for hydroxylation is 3. The van der Waals surface area contributed by atoms with Crippen molar-refractivity contribution in [2.45, 2.75) is 20.8 Å². The number of hydrogen-bond donors (Lipinski definition) is 2. The second-order valence-electron chi connectivity index (χ2n) is 4.88. The van der Waals surface area contributed by atoms with E-state index in [1.807, 2.05) is 32.9 Å². The molecule has 0 bridgehead atoms. The molecular formula is C15H18N2O2. The molecule has 4 heteroatoms. The predicted octanol–water partition coefficient (Wildman–Crippen LogP) is 1.40. The molecule has 0 spiro atoms. The maximum absolute atomic E-state index is 12.3. The number of nitrogens with one attached hydrogen (secondary N) is 2. The van der Waals surface area contributed by atoms with Crippen molar-refractivity contribution in [2.24, 2.45) is 0 Å². The molecule has 1 amide bonds. The molecule has 0 saturated carbocycles. The first-order valence-corrected chi connectivity index (χ1v) is 6.35. The van der Waals surface area contributed by atoms with Crippen molar-refractivity contribution in [3.05, 3.63) is 46.2 Å². The molecular weight excluding hydrogens is 240 g/mol. The highest BCUT2D eigenvalue weighted by Gasteiger charge is 2.17. The lowest BCUT2D eigenvalue weighted by Gasteiger charge is -2.17. The van der Waals surface area contributed by atoms with E-state index >= 15 is 0 Å². The standard InChI is InChI=1S/C15H18N2O2/c1-9-6-10(2)14(11(3)7-9)13(18)8-12-15(19)17-5-4-16-12/h6-8,16H,4-5H2,1-3H3,(H,17,19). The van der Waals surface area contributed by atoms with Crippen molar-refractivity contribution in [3.63, 3.8) is 0 Å². The quantitative estimate of drug-likeness (QED) is 0.622. The highest BCUT2D eigenvalue weighted by atomic mass is 16.2. The number of amides is 1. The van der Waals surface area contributed by atoms with Crippen molar-refractivity contribution in [2.75, 3.05) is 13.1 Å². The van der Waals surface area contributed by atoms with Crippen LogP contribution in [0.15, 0.2) is 23.9 Å². The fraction of sp³-hybridized carbons (Fsp3) is 0.333. The molecule has 0 radical (unpaired) electrons. The second kappa shape index (κ2) is 5.26. The molecule has 0 aliphatic carbocycles. The summed E-state index contributed by atoms with van der Waals surface area (Å²) in [7, 11) is 0. The Morgan fingerprint density at radius 1 is 1.11 bits per heavy atom. The van der Waals surface area contributed by atoms with E-state index in [4.69, 9.17) is 0 Å². The molecule has 1 fully saturated rings. The van der Waals surface area contributed by atoms with Gasteiger partial charge in [-0.1, -0.05) is 17.7 Å². The smallest absolute Gasteiger partial charge is 0.267 e. The molecule has 2 rings (SSSR count). The van der Waals surface area contributed by atoms with Gasteiger partial charge in [0.2, 0.25) is 0 Å². The van der Waals surface area contributed by atoms with Crippen molar-refractivity contribution in [1.82, 2.24) is 10.6 Å². The summed E-state index contributed by atoms with van der Waals surface area (Å²) >= 11 is 0. The van der Waals surface area contributed by atoms with E-state index in [0.29, 0.717) is 24.4 Å². The molecule has 1 heterocycles. The number of carbonyl (C=O) groups excluding carboxylic acids is 2. The Labute approximate surface area is 112 Å². The van der Waals surface area contributed by atoms with Gasteiger partial charge in [-0.3, -0.25) is 9.59 Å². The van der Waals surface area contributed by atoms with Crippen molar-refractivity contribution in [3.8, 4) is 0 Å². The molecule has 4 nitrogen and oxygen atoms in total. The Balaban J connectivity index is 2.35. The molecule has 0 aromatic heterocycles. The summed E-state index contributed by atoms with van der Waals surface area (Å²) in [6.45, 7) is 7.08. The molecule has 1 saturated heterocycles. The van der Waals surface area contributed by atoms with E-state index in [9.17, 15) is 9.59 Å². The van der Waals surface area contributed by atoms with Gasteiger partial charge in [-0.25, -0.2) is 0 Å². The van der Waals surface area contributed by atoms with Crippen LogP contribution >= 0.6 is 0 Å². The van der Waals surface area contributed by atoms with Crippen molar-refractivity contribution < 1.29 is 9.59 Å². The zero-order chi connectivity index (χ0) is 14.0. The van der Waals surface area contributed by atoms with E-state index in [1.54, 1.807) is 0 Å². The summed E-state index contributed by atoms with van der Waals surface area (Å²) < 4.78 is 0. The van der Waals surface area contributed by atoms with Crippen LogP contribution in [0.1, 0.15) is 27.0 Å². The third kappa shape index (κ3) is 2.84. The third-order valence-corrected chi connectivity index (χ3v) is 3.17. The second-order valence-corrected chi connectivity index (χ2v) is 4.88. The first kappa shape index (κ1) is 13.3. The minimum atomic E-state index is -0.220. The highest BCUT2D eigenvalue weighted by molar-refractivity contribution is 6.11. The first-order chi connectivity index (χ1) is 8.99. The minimum Gasteiger partial charge on any atom is -0.379 e. The molecule has 1 aliphatic heterocycles. The van der Waals surface area contributed by atoms with Gasteiger partial charge < -0.3 is 10.6 Å².